The molecule has 42 valence electrons. The maximum absolute atomic E-state index is 7.83. The van der Waals surface area contributed by atoms with Gasteiger partial charge in [0.1, 0.15) is 0 Å². The Hall–Kier alpha value is -0.0800. The maximum Gasteiger partial charge on any atom is 0.253 e. The topological polar surface area (TPSA) is 23.8 Å². The van der Waals surface area contributed by atoms with Crippen molar-refractivity contribution >= 4 is 34.8 Å². The van der Waals surface area contributed by atoms with Crippen LogP contribution in [-0.4, -0.2) is 3.79 Å². The second-order valence-corrected chi connectivity index (χ2v) is 3.14. The highest BCUT2D eigenvalue weighted by atomic mass is 35.6. The Kier molecular flexibility index (Phi) is 3.02. The Balaban J connectivity index is 3.93. The molecule has 0 fully saturated rings. The van der Waals surface area contributed by atoms with Gasteiger partial charge in [0.05, 0.1) is 0 Å². The molecule has 0 aromatic heterocycles. The zero-order valence-corrected chi connectivity index (χ0v) is 5.85. The first kappa shape index (κ1) is 7.92. The Labute approximate surface area is 62.1 Å². The number of hydrogen-bond donors (Lipinski definition) is 0. The van der Waals surface area contributed by atoms with Gasteiger partial charge < -0.3 is 0 Å². The molecule has 0 radical (unpaired) electrons. The van der Waals surface area contributed by atoms with Crippen LogP contribution in [-0.2, 0) is 0 Å². The first-order chi connectivity index (χ1) is 3.56. The van der Waals surface area contributed by atoms with E-state index in [2.05, 4.69) is 5.92 Å². The maximum atomic E-state index is 7.83. The lowest BCUT2D eigenvalue weighted by atomic mass is 10.6. The quantitative estimate of drug-likeness (QED) is 0.400. The van der Waals surface area contributed by atoms with Crippen molar-refractivity contribution in [3.05, 3.63) is 0 Å². The van der Waals surface area contributed by atoms with Crippen LogP contribution in [0.1, 0.15) is 0 Å². The molecule has 0 aliphatic heterocycles. The van der Waals surface area contributed by atoms with E-state index < -0.39 is 3.79 Å². The minimum absolute atomic E-state index is 1.51. The van der Waals surface area contributed by atoms with E-state index >= 15 is 0 Å². The molecule has 0 unspecified atom stereocenters. The second kappa shape index (κ2) is 3.05. The summed E-state index contributed by atoms with van der Waals surface area (Å²) in [4.78, 5) is 0. The third-order valence-corrected chi connectivity index (χ3v) is 0.544. The molecule has 0 aliphatic carbocycles. The molecule has 0 rings (SSSR count). The molecule has 0 atom stereocenters. The zero-order valence-electron chi connectivity index (χ0n) is 3.58. The van der Waals surface area contributed by atoms with Crippen molar-refractivity contribution < 1.29 is 0 Å². The summed E-state index contributed by atoms with van der Waals surface area (Å²) in [5, 5.41) is 7.83. The molecule has 0 aromatic carbocycles. The number of hydrogen-bond acceptors (Lipinski definition) is 1. The Morgan fingerprint density at radius 1 is 1.25 bits per heavy atom. The van der Waals surface area contributed by atoms with E-state index in [0.29, 0.717) is 0 Å². The van der Waals surface area contributed by atoms with Crippen LogP contribution in [0.3, 0.4) is 0 Å². The minimum Gasteiger partial charge on any atom is -0.183 e. The van der Waals surface area contributed by atoms with Crippen molar-refractivity contribution in [2.75, 3.05) is 0 Å². The van der Waals surface area contributed by atoms with E-state index in [1.165, 1.54) is 6.07 Å². The monoisotopic (exact) mass is 167 g/mol. The van der Waals surface area contributed by atoms with Crippen molar-refractivity contribution in [1.82, 2.24) is 0 Å². The van der Waals surface area contributed by atoms with E-state index in [-0.39, 0.29) is 0 Å². The van der Waals surface area contributed by atoms with Gasteiger partial charge in [-0.05, 0) is 5.92 Å². The van der Waals surface area contributed by atoms with Crippen LogP contribution in [0.2, 0.25) is 0 Å². The highest BCUT2D eigenvalue weighted by Gasteiger charge is 2.13. The fourth-order valence-corrected chi connectivity index (χ4v) is 0.241. The first-order valence-electron chi connectivity index (χ1n) is 1.54. The van der Waals surface area contributed by atoms with Crippen LogP contribution in [0.15, 0.2) is 0 Å². The van der Waals surface area contributed by atoms with Crippen molar-refractivity contribution in [1.29, 1.82) is 5.26 Å². The van der Waals surface area contributed by atoms with Crippen molar-refractivity contribution in [3.8, 4) is 17.9 Å². The Morgan fingerprint density at radius 3 is 1.88 bits per heavy atom. The summed E-state index contributed by atoms with van der Waals surface area (Å²) in [6, 6.07) is 1.51. The van der Waals surface area contributed by atoms with Gasteiger partial charge in [0.15, 0.2) is 6.07 Å². The van der Waals surface area contributed by atoms with Crippen molar-refractivity contribution in [3.63, 3.8) is 0 Å². The van der Waals surface area contributed by atoms with Gasteiger partial charge in [-0.25, -0.2) is 0 Å². The molecule has 8 heavy (non-hydrogen) atoms. The summed E-state index contributed by atoms with van der Waals surface area (Å²) < 4.78 is -1.62. The highest BCUT2D eigenvalue weighted by Crippen LogP contribution is 2.23. The van der Waals surface area contributed by atoms with Crippen LogP contribution >= 0.6 is 34.8 Å². The number of rotatable bonds is 0. The molecule has 0 heterocycles. The summed E-state index contributed by atoms with van der Waals surface area (Å²) in [5.41, 5.74) is 0. The van der Waals surface area contributed by atoms with Gasteiger partial charge in [-0.3, -0.25) is 0 Å². The third-order valence-electron chi connectivity index (χ3n) is 0.260. The lowest BCUT2D eigenvalue weighted by Crippen LogP contribution is -1.94. The molecule has 4 heteroatoms. The Bertz CT molecular complexity index is 162. The molecule has 0 amide bonds. The standard InChI is InChI=1S/C4Cl3N/c5-4(6,7)2-1-3-8. The summed E-state index contributed by atoms with van der Waals surface area (Å²) in [5.74, 6) is 4.00. The van der Waals surface area contributed by atoms with Crippen LogP contribution in [0, 0.1) is 23.2 Å². The summed E-state index contributed by atoms with van der Waals surface area (Å²) in [6.45, 7) is 0. The van der Waals surface area contributed by atoms with E-state index in [9.17, 15) is 0 Å². The SMILES string of the molecule is N#CC#CC(Cl)(Cl)Cl. The number of halogens is 3. The van der Waals surface area contributed by atoms with Gasteiger partial charge in [-0.1, -0.05) is 34.8 Å². The van der Waals surface area contributed by atoms with Crippen LogP contribution in [0.5, 0.6) is 0 Å². The molecule has 0 bridgehead atoms. The Morgan fingerprint density at radius 2 is 1.75 bits per heavy atom. The lowest BCUT2D eigenvalue weighted by molar-refractivity contribution is 1.53. The molecular weight excluding hydrogens is 168 g/mol. The number of alkyl halides is 3. The zero-order chi connectivity index (χ0) is 6.62. The van der Waals surface area contributed by atoms with Crippen LogP contribution in [0.4, 0.5) is 0 Å². The number of nitrogens with zero attached hydrogens (tertiary/aromatic N) is 1. The normalized spacial score (nSPS) is 8.75. The van der Waals surface area contributed by atoms with Gasteiger partial charge in [0, 0.05) is 5.92 Å². The number of nitriles is 1. The van der Waals surface area contributed by atoms with Gasteiger partial charge in [0.25, 0.3) is 3.79 Å². The largest absolute Gasteiger partial charge is 0.253 e. The molecule has 0 saturated carbocycles. The fraction of sp³-hybridized carbons (Fsp3) is 0.250. The van der Waals surface area contributed by atoms with Crippen LogP contribution < -0.4 is 0 Å². The first-order valence-corrected chi connectivity index (χ1v) is 2.67. The smallest absolute Gasteiger partial charge is 0.183 e. The van der Waals surface area contributed by atoms with Gasteiger partial charge in [-0.2, -0.15) is 5.26 Å². The fourth-order valence-electron chi connectivity index (χ4n) is 0.0988. The summed E-state index contributed by atoms with van der Waals surface area (Å²) >= 11 is 15.4. The average molecular weight is 168 g/mol. The van der Waals surface area contributed by atoms with Crippen LogP contribution in [0.25, 0.3) is 0 Å². The molecule has 0 spiro atoms. The predicted molar refractivity (Wildman–Crippen MR) is 33.7 cm³/mol. The van der Waals surface area contributed by atoms with Gasteiger partial charge in [-0.15, -0.1) is 0 Å². The van der Waals surface area contributed by atoms with E-state index in [1.807, 2.05) is 5.92 Å². The molecule has 0 aliphatic rings. The predicted octanol–water partition coefficient (Wildman–Crippen LogP) is 1.88. The molecule has 0 aromatic rings. The molecule has 0 N–H and O–H groups in total. The molecule has 0 saturated heterocycles. The van der Waals surface area contributed by atoms with E-state index in [0.717, 1.165) is 0 Å². The average Bonchev–Trinajstić information content (AvgIpc) is 1.59. The molecule has 1 nitrogen and oxygen atoms in total. The molecular formula is C4Cl3N. The van der Waals surface area contributed by atoms with Gasteiger partial charge >= 0.3 is 0 Å². The highest BCUT2D eigenvalue weighted by molar-refractivity contribution is 6.69. The second-order valence-electron chi connectivity index (χ2n) is 0.860. The van der Waals surface area contributed by atoms with E-state index in [1.54, 1.807) is 0 Å². The van der Waals surface area contributed by atoms with Crippen molar-refractivity contribution in [2.45, 2.75) is 3.79 Å². The minimum atomic E-state index is -1.62. The van der Waals surface area contributed by atoms with Crippen molar-refractivity contribution in [2.24, 2.45) is 0 Å². The lowest BCUT2D eigenvalue weighted by Gasteiger charge is -1.94. The third kappa shape index (κ3) is 5.92. The summed E-state index contributed by atoms with van der Waals surface area (Å²) in [7, 11) is 0. The summed E-state index contributed by atoms with van der Waals surface area (Å²) in [6.07, 6.45) is 0. The van der Waals surface area contributed by atoms with Gasteiger partial charge in [0.2, 0.25) is 0 Å². The van der Waals surface area contributed by atoms with E-state index in [4.69, 9.17) is 40.1 Å².